The number of hydrogen-bond donors (Lipinski definition) is 0. The summed E-state index contributed by atoms with van der Waals surface area (Å²) < 4.78 is 17.0. The third kappa shape index (κ3) is 6.03. The molecule has 0 aromatic heterocycles. The first kappa shape index (κ1) is 20.3. The molecule has 0 spiro atoms. The van der Waals surface area contributed by atoms with Crippen LogP contribution in [-0.4, -0.2) is 20.9 Å². The van der Waals surface area contributed by atoms with Crippen LogP contribution in [0, 0.1) is 12.3 Å². The van der Waals surface area contributed by atoms with Crippen LogP contribution in [0.5, 0.6) is 11.5 Å². The largest absolute Gasteiger partial charge is 0.489 e. The predicted molar refractivity (Wildman–Crippen MR) is 98.7 cm³/mol. The fourth-order valence-corrected chi connectivity index (χ4v) is 2.66. The van der Waals surface area contributed by atoms with E-state index in [-0.39, 0.29) is 11.0 Å². The van der Waals surface area contributed by atoms with E-state index in [0.29, 0.717) is 31.1 Å². The summed E-state index contributed by atoms with van der Waals surface area (Å²) in [6.07, 6.45) is 5.72. The van der Waals surface area contributed by atoms with Crippen molar-refractivity contribution in [1.82, 2.24) is 0 Å². The molecule has 0 atom stereocenters. The zero-order valence-electron chi connectivity index (χ0n) is 15.6. The summed E-state index contributed by atoms with van der Waals surface area (Å²) in [5.74, 6) is 3.03. The molecule has 0 N–H and O–H groups in total. The van der Waals surface area contributed by atoms with E-state index < -0.39 is 8.32 Å². The minimum Gasteiger partial charge on any atom is -0.489 e. The minimum absolute atomic E-state index is 0.143. The summed E-state index contributed by atoms with van der Waals surface area (Å²) in [6.45, 7) is 13.2. The van der Waals surface area contributed by atoms with Crippen LogP contribution in [0.2, 0.25) is 18.1 Å². The summed E-state index contributed by atoms with van der Waals surface area (Å²) in [5, 5.41) is 0.143. The molecule has 0 amide bonds. The summed E-state index contributed by atoms with van der Waals surface area (Å²) in [7, 11) is -1.84. The molecule has 1 aromatic rings. The molecule has 0 saturated heterocycles. The molecule has 0 fully saturated rings. The number of ether oxygens (including phenoxy) is 2. The van der Waals surface area contributed by atoms with E-state index in [1.54, 1.807) is 12.1 Å². The lowest BCUT2D eigenvalue weighted by Crippen LogP contribution is -2.40. The molecule has 0 radical (unpaired) electrons. The third-order valence-corrected chi connectivity index (χ3v) is 8.65. The van der Waals surface area contributed by atoms with E-state index in [4.69, 9.17) is 20.3 Å². The van der Waals surface area contributed by atoms with Crippen LogP contribution in [0.15, 0.2) is 18.2 Å². The Labute approximate surface area is 146 Å². The van der Waals surface area contributed by atoms with Gasteiger partial charge in [0.1, 0.15) is 0 Å². The first-order valence-electron chi connectivity index (χ1n) is 8.08. The molecule has 0 aliphatic heterocycles. The van der Waals surface area contributed by atoms with Crippen molar-refractivity contribution in [3.63, 3.8) is 0 Å². The van der Waals surface area contributed by atoms with Crippen molar-refractivity contribution in [2.24, 2.45) is 0 Å². The van der Waals surface area contributed by atoms with Gasteiger partial charge in [0, 0.05) is 13.3 Å². The SMILES string of the molecule is C#CCCOc1ccc(CO[Si](C)(C)C(C)(C)C)cc1OC(C)=O. The standard InChI is InChI=1S/C19H28O4Si/c1-8-9-12-21-17-11-10-16(13-18(17)23-15(2)20)14-22-24(6,7)19(3,4)5/h1,10-11,13H,9,12,14H2,2-7H3. The Balaban J connectivity index is 2.90. The van der Waals surface area contributed by atoms with Gasteiger partial charge >= 0.3 is 5.97 Å². The number of carbonyl (C=O) groups is 1. The highest BCUT2D eigenvalue weighted by Gasteiger charge is 2.37. The van der Waals surface area contributed by atoms with Crippen molar-refractivity contribution < 1.29 is 18.7 Å². The van der Waals surface area contributed by atoms with Crippen LogP contribution < -0.4 is 9.47 Å². The Morgan fingerprint density at radius 2 is 1.92 bits per heavy atom. The minimum atomic E-state index is -1.84. The van der Waals surface area contributed by atoms with E-state index in [2.05, 4.69) is 39.8 Å². The van der Waals surface area contributed by atoms with Crippen molar-refractivity contribution in [2.45, 2.75) is 58.9 Å². The Morgan fingerprint density at radius 3 is 2.46 bits per heavy atom. The number of carbonyl (C=O) groups excluding carboxylic acids is 1. The molecule has 0 unspecified atom stereocenters. The zero-order valence-corrected chi connectivity index (χ0v) is 16.6. The summed E-state index contributed by atoms with van der Waals surface area (Å²) in [4.78, 5) is 11.3. The molecule has 5 heteroatoms. The second-order valence-electron chi connectivity index (χ2n) is 7.23. The van der Waals surface area contributed by atoms with E-state index in [9.17, 15) is 4.79 Å². The summed E-state index contributed by atoms with van der Waals surface area (Å²) in [5.41, 5.74) is 0.945. The van der Waals surface area contributed by atoms with E-state index in [0.717, 1.165) is 5.56 Å². The molecule has 0 aliphatic carbocycles. The van der Waals surface area contributed by atoms with E-state index in [1.165, 1.54) is 6.92 Å². The molecule has 4 nitrogen and oxygen atoms in total. The summed E-state index contributed by atoms with van der Waals surface area (Å²) >= 11 is 0. The predicted octanol–water partition coefficient (Wildman–Crippen LogP) is 4.54. The van der Waals surface area contributed by atoms with Crippen LogP contribution in [-0.2, 0) is 15.8 Å². The molecule has 1 rings (SSSR count). The lowest BCUT2D eigenvalue weighted by Gasteiger charge is -2.36. The number of rotatable bonds is 7. The van der Waals surface area contributed by atoms with Gasteiger partial charge in [-0.3, -0.25) is 4.79 Å². The van der Waals surface area contributed by atoms with E-state index in [1.807, 2.05) is 6.07 Å². The molecular weight excluding hydrogens is 320 g/mol. The smallest absolute Gasteiger partial charge is 0.308 e. The second kappa shape index (κ2) is 8.36. The normalized spacial score (nSPS) is 11.7. The molecule has 132 valence electrons. The number of hydrogen-bond acceptors (Lipinski definition) is 4. The lowest BCUT2D eigenvalue weighted by atomic mass is 10.2. The van der Waals surface area contributed by atoms with Crippen molar-refractivity contribution >= 4 is 14.3 Å². The van der Waals surface area contributed by atoms with Gasteiger partial charge in [-0.05, 0) is 35.8 Å². The first-order chi connectivity index (χ1) is 11.1. The molecule has 0 saturated carbocycles. The topological polar surface area (TPSA) is 44.8 Å². The number of terminal acetylenes is 1. The molecule has 0 bridgehead atoms. The van der Waals surface area contributed by atoms with Crippen LogP contribution in [0.4, 0.5) is 0 Å². The van der Waals surface area contributed by atoms with Crippen molar-refractivity contribution in [2.75, 3.05) is 6.61 Å². The highest BCUT2D eigenvalue weighted by atomic mass is 28.4. The highest BCUT2D eigenvalue weighted by molar-refractivity contribution is 6.74. The van der Waals surface area contributed by atoms with Gasteiger partial charge in [-0.15, -0.1) is 12.3 Å². The van der Waals surface area contributed by atoms with Gasteiger partial charge < -0.3 is 13.9 Å². The van der Waals surface area contributed by atoms with Crippen molar-refractivity contribution in [1.29, 1.82) is 0 Å². The fraction of sp³-hybridized carbons (Fsp3) is 0.526. The van der Waals surface area contributed by atoms with Crippen molar-refractivity contribution in [3.05, 3.63) is 23.8 Å². The maximum atomic E-state index is 11.3. The van der Waals surface area contributed by atoms with Gasteiger partial charge in [0.25, 0.3) is 0 Å². The maximum Gasteiger partial charge on any atom is 0.308 e. The Bertz CT molecular complexity index is 609. The average Bonchev–Trinajstić information content (AvgIpc) is 2.45. The van der Waals surface area contributed by atoms with Crippen LogP contribution in [0.25, 0.3) is 0 Å². The maximum absolute atomic E-state index is 11.3. The first-order valence-corrected chi connectivity index (χ1v) is 11.0. The van der Waals surface area contributed by atoms with Gasteiger partial charge in [-0.25, -0.2) is 0 Å². The lowest BCUT2D eigenvalue weighted by molar-refractivity contribution is -0.132. The van der Waals surface area contributed by atoms with Gasteiger partial charge in [0.2, 0.25) is 0 Å². The van der Waals surface area contributed by atoms with Crippen LogP contribution >= 0.6 is 0 Å². The van der Waals surface area contributed by atoms with Gasteiger partial charge in [-0.1, -0.05) is 26.8 Å². The summed E-state index contributed by atoms with van der Waals surface area (Å²) in [6, 6.07) is 5.50. The Hall–Kier alpha value is -1.77. The molecule has 0 aliphatic rings. The molecule has 1 aromatic carbocycles. The quantitative estimate of drug-likeness (QED) is 0.239. The van der Waals surface area contributed by atoms with Crippen molar-refractivity contribution in [3.8, 4) is 23.8 Å². The fourth-order valence-electron chi connectivity index (χ4n) is 1.70. The van der Waals surface area contributed by atoms with Gasteiger partial charge in [0.05, 0.1) is 13.2 Å². The highest BCUT2D eigenvalue weighted by Crippen LogP contribution is 2.37. The molecule has 0 heterocycles. The Morgan fingerprint density at radius 1 is 1.25 bits per heavy atom. The molecular formula is C19H28O4Si. The second-order valence-corrected chi connectivity index (χ2v) is 12.0. The number of benzene rings is 1. The van der Waals surface area contributed by atoms with Gasteiger partial charge in [-0.2, -0.15) is 0 Å². The van der Waals surface area contributed by atoms with E-state index >= 15 is 0 Å². The molecule has 24 heavy (non-hydrogen) atoms. The van der Waals surface area contributed by atoms with Gasteiger partial charge in [0.15, 0.2) is 19.8 Å². The van der Waals surface area contributed by atoms with Crippen LogP contribution in [0.1, 0.15) is 39.7 Å². The average molecular weight is 349 g/mol. The monoisotopic (exact) mass is 348 g/mol. The zero-order chi connectivity index (χ0) is 18.4. The third-order valence-electron chi connectivity index (χ3n) is 4.17. The Kier molecular flexibility index (Phi) is 7.06. The number of esters is 1. The van der Waals surface area contributed by atoms with Crippen LogP contribution in [0.3, 0.4) is 0 Å².